The van der Waals surface area contributed by atoms with E-state index in [0.717, 1.165) is 30.4 Å². The van der Waals surface area contributed by atoms with Gasteiger partial charge in [0.25, 0.3) is 0 Å². The molecule has 0 saturated heterocycles. The van der Waals surface area contributed by atoms with Crippen molar-refractivity contribution in [2.24, 2.45) is 0 Å². The number of amides is 1. The van der Waals surface area contributed by atoms with Crippen LogP contribution in [0, 0.1) is 0 Å². The van der Waals surface area contributed by atoms with Crippen molar-refractivity contribution < 1.29 is 4.79 Å². The lowest BCUT2D eigenvalue weighted by atomic mass is 9.73. The number of nitrogens with zero attached hydrogens (tertiary/aromatic N) is 1. The van der Waals surface area contributed by atoms with Gasteiger partial charge in [0.05, 0.1) is 0 Å². The molecular formula is C25H25NOS. The maximum Gasteiger partial charge on any atom is 0.247 e. The zero-order chi connectivity index (χ0) is 19.6. The topological polar surface area (TPSA) is 20.3 Å². The summed E-state index contributed by atoms with van der Waals surface area (Å²) in [7, 11) is 0. The molecule has 4 rings (SSSR count). The number of hydrogen-bond acceptors (Lipinski definition) is 2. The fourth-order valence-corrected chi connectivity index (χ4v) is 4.78. The van der Waals surface area contributed by atoms with Crippen molar-refractivity contribution in [2.75, 3.05) is 6.54 Å². The molecule has 1 aliphatic carbocycles. The van der Waals surface area contributed by atoms with Crippen LogP contribution < -0.4 is 0 Å². The molecular weight excluding hydrogens is 362 g/mol. The molecule has 0 N–H and O–H groups in total. The fourth-order valence-electron chi connectivity index (χ4n) is 4.51. The Labute approximate surface area is 172 Å². The van der Waals surface area contributed by atoms with Gasteiger partial charge in [0.1, 0.15) is 5.41 Å². The molecule has 142 valence electrons. The van der Waals surface area contributed by atoms with Crippen LogP contribution in [0.4, 0.5) is 0 Å². The van der Waals surface area contributed by atoms with Crippen LogP contribution >= 0.6 is 12.8 Å². The van der Waals surface area contributed by atoms with Crippen molar-refractivity contribution in [2.45, 2.75) is 31.6 Å². The van der Waals surface area contributed by atoms with E-state index >= 15 is 0 Å². The molecule has 0 radical (unpaired) electrons. The van der Waals surface area contributed by atoms with Crippen LogP contribution in [0.5, 0.6) is 0 Å². The minimum absolute atomic E-state index is 0.0750. The first-order valence-corrected chi connectivity index (χ1v) is 10.3. The normalized spacial score (nSPS) is 13.6. The largest absolute Gasteiger partial charge is 0.288 e. The minimum Gasteiger partial charge on any atom is -0.288 e. The van der Waals surface area contributed by atoms with Gasteiger partial charge >= 0.3 is 0 Å². The van der Waals surface area contributed by atoms with Crippen molar-refractivity contribution in [1.29, 1.82) is 0 Å². The number of rotatable bonds is 6. The highest BCUT2D eigenvalue weighted by Gasteiger charge is 2.49. The van der Waals surface area contributed by atoms with Crippen LogP contribution in [-0.4, -0.2) is 16.8 Å². The van der Waals surface area contributed by atoms with Crippen LogP contribution in [0.3, 0.4) is 0 Å². The maximum atomic E-state index is 13.9. The average Bonchev–Trinajstić information content (AvgIpc) is 3.04. The fraction of sp³-hybridized carbons (Fsp3) is 0.240. The van der Waals surface area contributed by atoms with E-state index < -0.39 is 5.41 Å². The zero-order valence-corrected chi connectivity index (χ0v) is 17.0. The van der Waals surface area contributed by atoms with Crippen LogP contribution in [0.25, 0.3) is 11.1 Å². The van der Waals surface area contributed by atoms with Gasteiger partial charge in [0.15, 0.2) is 0 Å². The van der Waals surface area contributed by atoms with E-state index in [4.69, 9.17) is 0 Å². The van der Waals surface area contributed by atoms with Crippen LogP contribution in [0.2, 0.25) is 0 Å². The van der Waals surface area contributed by atoms with Gasteiger partial charge in [-0.2, -0.15) is 0 Å². The smallest absolute Gasteiger partial charge is 0.247 e. The van der Waals surface area contributed by atoms with Crippen molar-refractivity contribution in [3.05, 3.63) is 95.6 Å². The zero-order valence-electron chi connectivity index (χ0n) is 16.1. The molecule has 2 nitrogen and oxygen atoms in total. The summed E-state index contributed by atoms with van der Waals surface area (Å²) in [6, 6.07) is 26.9. The third-order valence-electron chi connectivity index (χ3n) is 5.74. The number of hydrogen-bond donors (Lipinski definition) is 1. The molecule has 0 saturated carbocycles. The van der Waals surface area contributed by atoms with Crippen LogP contribution in [-0.2, 0) is 16.6 Å². The Morgan fingerprint density at radius 3 is 1.96 bits per heavy atom. The number of benzene rings is 3. The minimum atomic E-state index is -0.652. The van der Waals surface area contributed by atoms with Crippen molar-refractivity contribution >= 4 is 18.7 Å². The summed E-state index contributed by atoms with van der Waals surface area (Å²) in [6.07, 6.45) is 2.50. The molecule has 1 amide bonds. The quantitative estimate of drug-likeness (QED) is 0.540. The Morgan fingerprint density at radius 2 is 1.39 bits per heavy atom. The van der Waals surface area contributed by atoms with E-state index in [-0.39, 0.29) is 5.91 Å². The molecule has 0 aliphatic heterocycles. The number of carbonyl (C=O) groups is 1. The molecule has 3 heteroatoms. The van der Waals surface area contributed by atoms with Gasteiger partial charge in [-0.1, -0.05) is 105 Å². The van der Waals surface area contributed by atoms with Gasteiger partial charge in [-0.3, -0.25) is 9.10 Å². The summed E-state index contributed by atoms with van der Waals surface area (Å²) >= 11 is 4.64. The number of thiol groups is 1. The Balaban J connectivity index is 1.72. The molecule has 3 aromatic rings. The molecule has 0 bridgehead atoms. The first-order valence-electron chi connectivity index (χ1n) is 9.92. The van der Waals surface area contributed by atoms with E-state index in [1.165, 1.54) is 16.7 Å². The van der Waals surface area contributed by atoms with Gasteiger partial charge in [-0.05, 0) is 40.7 Å². The standard InChI is InChI=1S/C25H25NOS/c1-2-17-25(24(27)26(28)18-16-19-10-4-3-5-11-19)22-14-8-6-12-20(22)21-13-7-9-15-23(21)25/h3-15,28H,2,16-18H2,1H3. The molecule has 0 heterocycles. The number of carbonyl (C=O) groups excluding carboxylic acids is 1. The lowest BCUT2D eigenvalue weighted by molar-refractivity contribution is -0.130. The van der Waals surface area contributed by atoms with E-state index in [0.29, 0.717) is 6.54 Å². The van der Waals surface area contributed by atoms with Gasteiger partial charge in [0, 0.05) is 6.54 Å². The second kappa shape index (κ2) is 7.84. The predicted molar refractivity (Wildman–Crippen MR) is 118 cm³/mol. The van der Waals surface area contributed by atoms with Crippen molar-refractivity contribution in [3.8, 4) is 11.1 Å². The predicted octanol–water partition coefficient (Wildman–Crippen LogP) is 5.67. The van der Waals surface area contributed by atoms with Gasteiger partial charge in [-0.15, -0.1) is 0 Å². The Bertz CT molecular complexity index is 937. The second-order valence-electron chi connectivity index (χ2n) is 7.41. The van der Waals surface area contributed by atoms with E-state index in [9.17, 15) is 4.79 Å². The lowest BCUT2D eigenvalue weighted by Gasteiger charge is -2.34. The maximum absolute atomic E-state index is 13.9. The highest BCUT2D eigenvalue weighted by atomic mass is 32.1. The van der Waals surface area contributed by atoms with Gasteiger partial charge in [-0.25, -0.2) is 0 Å². The molecule has 0 aromatic heterocycles. The molecule has 0 spiro atoms. The summed E-state index contributed by atoms with van der Waals surface area (Å²) < 4.78 is 1.63. The molecule has 0 fully saturated rings. The van der Waals surface area contributed by atoms with Crippen LogP contribution in [0.1, 0.15) is 36.5 Å². The van der Waals surface area contributed by atoms with Crippen molar-refractivity contribution in [1.82, 2.24) is 4.31 Å². The third-order valence-corrected chi connectivity index (χ3v) is 6.13. The summed E-state index contributed by atoms with van der Waals surface area (Å²) in [5.41, 5.74) is 5.13. The van der Waals surface area contributed by atoms with E-state index in [1.807, 2.05) is 30.3 Å². The second-order valence-corrected chi connectivity index (χ2v) is 7.89. The Morgan fingerprint density at radius 1 is 0.857 bits per heavy atom. The first kappa shape index (κ1) is 18.8. The molecule has 3 aromatic carbocycles. The summed E-state index contributed by atoms with van der Waals surface area (Å²) in [4.78, 5) is 13.9. The third kappa shape index (κ3) is 3.04. The summed E-state index contributed by atoms with van der Waals surface area (Å²) in [6.45, 7) is 2.73. The SMILES string of the molecule is CCCC1(C(=O)N(S)CCc2ccccc2)c2ccccc2-c2ccccc21. The molecule has 28 heavy (non-hydrogen) atoms. The average molecular weight is 388 g/mol. The van der Waals surface area contributed by atoms with E-state index in [2.05, 4.69) is 68.3 Å². The summed E-state index contributed by atoms with van der Waals surface area (Å²) in [5, 5.41) is 0. The molecule has 0 unspecified atom stereocenters. The molecule has 1 aliphatic rings. The highest BCUT2D eigenvalue weighted by molar-refractivity contribution is 7.78. The van der Waals surface area contributed by atoms with Crippen molar-refractivity contribution in [3.63, 3.8) is 0 Å². The monoisotopic (exact) mass is 387 g/mol. The Hall–Kier alpha value is -2.52. The Kier molecular flexibility index (Phi) is 5.27. The molecule has 0 atom stereocenters. The van der Waals surface area contributed by atoms with E-state index in [1.54, 1.807) is 4.31 Å². The first-order chi connectivity index (χ1) is 13.7. The van der Waals surface area contributed by atoms with Gasteiger partial charge < -0.3 is 0 Å². The highest BCUT2D eigenvalue weighted by Crippen LogP contribution is 2.52. The van der Waals surface area contributed by atoms with Gasteiger partial charge in [0.2, 0.25) is 5.91 Å². The lowest BCUT2D eigenvalue weighted by Crippen LogP contribution is -2.43. The van der Waals surface area contributed by atoms with Crippen LogP contribution in [0.15, 0.2) is 78.9 Å². The summed E-state index contributed by atoms with van der Waals surface area (Å²) in [5.74, 6) is 0.0750. The number of fused-ring (bicyclic) bond motifs is 3.